The second-order valence-electron chi connectivity index (χ2n) is 4.96. The molecule has 1 heterocycles. The van der Waals surface area contributed by atoms with Gasteiger partial charge in [0.15, 0.2) is 5.96 Å². The molecular weight excluding hydrogens is 423 g/mol. The first-order valence-corrected chi connectivity index (χ1v) is 7.77. The third kappa shape index (κ3) is 6.74. The van der Waals surface area contributed by atoms with Gasteiger partial charge in [0, 0.05) is 12.7 Å². The Balaban J connectivity index is 0.00000264. The summed E-state index contributed by atoms with van der Waals surface area (Å²) in [4.78, 5) is 8.66. The zero-order valence-corrected chi connectivity index (χ0v) is 16.4. The number of pyridine rings is 1. The Kier molecular flexibility index (Phi) is 8.94. The highest BCUT2D eigenvalue weighted by molar-refractivity contribution is 14.0. The summed E-state index contributed by atoms with van der Waals surface area (Å²) in [5.74, 6) is 0.786. The van der Waals surface area contributed by atoms with E-state index >= 15 is 0 Å². The summed E-state index contributed by atoms with van der Waals surface area (Å²) >= 11 is 5.79. The summed E-state index contributed by atoms with van der Waals surface area (Å²) < 4.78 is 0. The highest BCUT2D eigenvalue weighted by atomic mass is 127. The Morgan fingerprint density at radius 2 is 1.96 bits per heavy atom. The van der Waals surface area contributed by atoms with Gasteiger partial charge in [-0.3, -0.25) is 0 Å². The normalized spacial score (nSPS) is 12.2. The van der Waals surface area contributed by atoms with Crippen LogP contribution < -0.4 is 10.6 Å². The van der Waals surface area contributed by atoms with Gasteiger partial charge in [0.25, 0.3) is 0 Å². The molecule has 0 aliphatic heterocycles. The monoisotopic (exact) mass is 444 g/mol. The number of rotatable bonds is 5. The van der Waals surface area contributed by atoms with E-state index in [1.807, 2.05) is 31.2 Å². The summed E-state index contributed by atoms with van der Waals surface area (Å²) in [5, 5.41) is 7.16. The van der Waals surface area contributed by atoms with Crippen molar-refractivity contribution in [3.8, 4) is 0 Å². The van der Waals surface area contributed by atoms with Crippen molar-refractivity contribution in [1.82, 2.24) is 15.6 Å². The lowest BCUT2D eigenvalue weighted by Gasteiger charge is -2.18. The number of hydrogen-bond donors (Lipinski definition) is 2. The molecule has 1 aromatic carbocycles. The van der Waals surface area contributed by atoms with Crippen LogP contribution in [0.5, 0.6) is 0 Å². The fourth-order valence-corrected chi connectivity index (χ4v) is 2.13. The van der Waals surface area contributed by atoms with E-state index in [0.717, 1.165) is 18.1 Å². The molecule has 0 aliphatic carbocycles. The molecule has 1 unspecified atom stereocenters. The average Bonchev–Trinajstić information content (AvgIpc) is 2.55. The van der Waals surface area contributed by atoms with Crippen molar-refractivity contribution >= 4 is 41.5 Å². The maximum absolute atomic E-state index is 5.79. The molecule has 0 spiro atoms. The number of halogens is 2. The van der Waals surface area contributed by atoms with Crippen LogP contribution in [0.4, 0.5) is 0 Å². The van der Waals surface area contributed by atoms with Gasteiger partial charge in [0.1, 0.15) is 5.15 Å². The number of guanidine groups is 1. The van der Waals surface area contributed by atoms with E-state index in [1.54, 1.807) is 12.3 Å². The van der Waals surface area contributed by atoms with E-state index in [-0.39, 0.29) is 30.0 Å². The lowest BCUT2D eigenvalue weighted by atomic mass is 10.1. The summed E-state index contributed by atoms with van der Waals surface area (Å²) in [6.07, 6.45) is 1.75. The van der Waals surface area contributed by atoms with E-state index in [4.69, 9.17) is 11.6 Å². The molecular formula is C17H22ClIN4. The van der Waals surface area contributed by atoms with Crippen molar-refractivity contribution in [2.24, 2.45) is 4.99 Å². The van der Waals surface area contributed by atoms with Crippen molar-refractivity contribution in [2.75, 3.05) is 6.54 Å². The lowest BCUT2D eigenvalue weighted by Crippen LogP contribution is -2.38. The SMILES string of the molecule is CCNC(=NCc1ccc(Cl)nc1)NC(C)c1ccccc1.I. The standard InChI is InChI=1S/C17H21ClN4.HI/c1-3-19-17(21-12-14-9-10-16(18)20-11-14)22-13(2)15-7-5-4-6-8-15;/h4-11,13H,3,12H2,1-2H3,(H2,19,21,22);1H. The van der Waals surface area contributed by atoms with Crippen LogP contribution in [0.25, 0.3) is 0 Å². The summed E-state index contributed by atoms with van der Waals surface area (Å²) in [6, 6.07) is 14.2. The summed E-state index contributed by atoms with van der Waals surface area (Å²) in [7, 11) is 0. The molecule has 0 radical (unpaired) electrons. The van der Waals surface area contributed by atoms with Crippen LogP contribution in [0, 0.1) is 0 Å². The quantitative estimate of drug-likeness (QED) is 0.315. The maximum Gasteiger partial charge on any atom is 0.192 e. The van der Waals surface area contributed by atoms with Gasteiger partial charge in [-0.2, -0.15) is 0 Å². The van der Waals surface area contributed by atoms with Gasteiger partial charge in [-0.05, 0) is 31.0 Å². The molecule has 0 fully saturated rings. The second kappa shape index (κ2) is 10.4. The molecule has 2 rings (SSSR count). The fourth-order valence-electron chi connectivity index (χ4n) is 2.02. The summed E-state index contributed by atoms with van der Waals surface area (Å²) in [6.45, 7) is 5.54. The third-order valence-corrected chi connectivity index (χ3v) is 3.43. The van der Waals surface area contributed by atoms with E-state index in [2.05, 4.69) is 39.7 Å². The topological polar surface area (TPSA) is 49.3 Å². The van der Waals surface area contributed by atoms with Gasteiger partial charge < -0.3 is 10.6 Å². The van der Waals surface area contributed by atoms with E-state index < -0.39 is 0 Å². The predicted molar refractivity (Wildman–Crippen MR) is 107 cm³/mol. The molecule has 0 saturated heterocycles. The molecule has 2 aromatic rings. The minimum absolute atomic E-state index is 0. The fraction of sp³-hybridized carbons (Fsp3) is 0.294. The molecule has 2 N–H and O–H groups in total. The minimum atomic E-state index is 0. The van der Waals surface area contributed by atoms with Gasteiger partial charge >= 0.3 is 0 Å². The highest BCUT2D eigenvalue weighted by Gasteiger charge is 2.06. The van der Waals surface area contributed by atoms with Crippen LogP contribution in [0.3, 0.4) is 0 Å². The van der Waals surface area contributed by atoms with Crippen LogP contribution in [-0.2, 0) is 6.54 Å². The van der Waals surface area contributed by atoms with E-state index in [9.17, 15) is 0 Å². The molecule has 0 aliphatic rings. The summed E-state index contributed by atoms with van der Waals surface area (Å²) in [5.41, 5.74) is 2.25. The van der Waals surface area contributed by atoms with Gasteiger partial charge in [-0.25, -0.2) is 9.98 Å². The number of nitrogens with one attached hydrogen (secondary N) is 2. The molecule has 1 atom stereocenters. The Bertz CT molecular complexity index is 602. The number of aromatic nitrogens is 1. The van der Waals surface area contributed by atoms with Crippen molar-refractivity contribution in [3.05, 3.63) is 64.9 Å². The van der Waals surface area contributed by atoms with Crippen molar-refractivity contribution in [1.29, 1.82) is 0 Å². The van der Waals surface area contributed by atoms with E-state index in [1.165, 1.54) is 5.56 Å². The zero-order valence-electron chi connectivity index (χ0n) is 13.3. The minimum Gasteiger partial charge on any atom is -0.357 e. The first-order valence-electron chi connectivity index (χ1n) is 7.39. The molecule has 0 amide bonds. The third-order valence-electron chi connectivity index (χ3n) is 3.21. The van der Waals surface area contributed by atoms with Crippen LogP contribution >= 0.6 is 35.6 Å². The number of hydrogen-bond acceptors (Lipinski definition) is 2. The molecule has 23 heavy (non-hydrogen) atoms. The maximum atomic E-state index is 5.79. The second-order valence-corrected chi connectivity index (χ2v) is 5.35. The van der Waals surface area contributed by atoms with Crippen LogP contribution in [0.15, 0.2) is 53.7 Å². The first kappa shape index (κ1) is 19.7. The van der Waals surface area contributed by atoms with Crippen LogP contribution in [-0.4, -0.2) is 17.5 Å². The van der Waals surface area contributed by atoms with Gasteiger partial charge in [-0.15, -0.1) is 24.0 Å². The van der Waals surface area contributed by atoms with E-state index in [0.29, 0.717) is 11.7 Å². The Labute approximate surface area is 159 Å². The van der Waals surface area contributed by atoms with Crippen molar-refractivity contribution in [3.63, 3.8) is 0 Å². The molecule has 6 heteroatoms. The number of benzene rings is 1. The number of aliphatic imine (C=N–C) groups is 1. The first-order chi connectivity index (χ1) is 10.7. The van der Waals surface area contributed by atoms with Crippen molar-refractivity contribution in [2.45, 2.75) is 26.4 Å². The predicted octanol–water partition coefficient (Wildman–Crippen LogP) is 4.17. The highest BCUT2D eigenvalue weighted by Crippen LogP contribution is 2.11. The molecule has 1 aromatic heterocycles. The van der Waals surface area contributed by atoms with Crippen molar-refractivity contribution < 1.29 is 0 Å². The molecule has 0 bridgehead atoms. The molecule has 4 nitrogen and oxygen atoms in total. The van der Waals surface area contributed by atoms with Gasteiger partial charge in [0.2, 0.25) is 0 Å². The Morgan fingerprint density at radius 3 is 2.57 bits per heavy atom. The average molecular weight is 445 g/mol. The smallest absolute Gasteiger partial charge is 0.192 e. The largest absolute Gasteiger partial charge is 0.357 e. The molecule has 124 valence electrons. The van der Waals surface area contributed by atoms with Crippen LogP contribution in [0.2, 0.25) is 5.15 Å². The van der Waals surface area contributed by atoms with Crippen LogP contribution in [0.1, 0.15) is 31.0 Å². The number of nitrogens with zero attached hydrogens (tertiary/aromatic N) is 2. The Hall–Kier alpha value is -1.34. The Morgan fingerprint density at radius 1 is 1.22 bits per heavy atom. The lowest BCUT2D eigenvalue weighted by molar-refractivity contribution is 0.686. The zero-order chi connectivity index (χ0) is 15.8. The van der Waals surface area contributed by atoms with Gasteiger partial charge in [-0.1, -0.05) is 48.0 Å². The molecule has 0 saturated carbocycles. The van der Waals surface area contributed by atoms with Gasteiger partial charge in [0.05, 0.1) is 12.6 Å².